The van der Waals surface area contributed by atoms with Crippen molar-refractivity contribution in [2.24, 2.45) is 0 Å². The van der Waals surface area contributed by atoms with E-state index in [-0.39, 0.29) is 0 Å². The third kappa shape index (κ3) is 1.78. The van der Waals surface area contributed by atoms with Gasteiger partial charge in [0.05, 0.1) is 11.3 Å². The number of pyridine rings is 1. The first-order valence-electron chi connectivity index (χ1n) is 6.27. The highest BCUT2D eigenvalue weighted by Crippen LogP contribution is 2.28. The molecule has 3 rings (SSSR count). The number of nitrogens with zero attached hydrogens (tertiary/aromatic N) is 2. The zero-order valence-corrected chi connectivity index (χ0v) is 10.4. The molecule has 1 aromatic carbocycles. The smallest absolute Gasteiger partial charge is 0.101 e. The summed E-state index contributed by atoms with van der Waals surface area (Å²) in [5, 5.41) is 8.86. The SMILES string of the molecule is Cc1cc(C#N)cnc1-c1ccc2c(c1)CCC2. The second-order valence-electron chi connectivity index (χ2n) is 4.84. The number of benzene rings is 1. The average Bonchev–Trinajstić information content (AvgIpc) is 2.85. The quantitative estimate of drug-likeness (QED) is 0.758. The van der Waals surface area contributed by atoms with Crippen molar-refractivity contribution in [1.29, 1.82) is 5.26 Å². The maximum absolute atomic E-state index is 8.86. The molecular weight excluding hydrogens is 220 g/mol. The Morgan fingerprint density at radius 3 is 2.78 bits per heavy atom. The lowest BCUT2D eigenvalue weighted by atomic mass is 10.0. The van der Waals surface area contributed by atoms with Gasteiger partial charge in [0.2, 0.25) is 0 Å². The van der Waals surface area contributed by atoms with Crippen LogP contribution in [0.1, 0.15) is 28.7 Å². The fourth-order valence-electron chi connectivity index (χ4n) is 2.66. The minimum absolute atomic E-state index is 0.623. The maximum atomic E-state index is 8.86. The molecule has 0 atom stereocenters. The molecule has 1 aromatic heterocycles. The summed E-state index contributed by atoms with van der Waals surface area (Å²) in [5.41, 5.74) is 6.77. The van der Waals surface area contributed by atoms with Crippen molar-refractivity contribution in [2.75, 3.05) is 0 Å². The molecule has 2 heteroatoms. The van der Waals surface area contributed by atoms with Crippen molar-refractivity contribution in [3.63, 3.8) is 0 Å². The summed E-state index contributed by atoms with van der Waals surface area (Å²) in [5.74, 6) is 0. The summed E-state index contributed by atoms with van der Waals surface area (Å²) >= 11 is 0. The molecule has 0 radical (unpaired) electrons. The predicted octanol–water partition coefficient (Wildman–Crippen LogP) is 3.42. The topological polar surface area (TPSA) is 36.7 Å². The van der Waals surface area contributed by atoms with Crippen LogP contribution in [0.15, 0.2) is 30.5 Å². The van der Waals surface area contributed by atoms with Crippen molar-refractivity contribution in [3.05, 3.63) is 52.7 Å². The number of fused-ring (bicyclic) bond motifs is 1. The second-order valence-corrected chi connectivity index (χ2v) is 4.84. The largest absolute Gasteiger partial charge is 0.255 e. The van der Waals surface area contributed by atoms with Gasteiger partial charge in [0.1, 0.15) is 6.07 Å². The van der Waals surface area contributed by atoms with Gasteiger partial charge in [-0.05, 0) is 55.0 Å². The fourth-order valence-corrected chi connectivity index (χ4v) is 2.66. The third-order valence-corrected chi connectivity index (χ3v) is 3.58. The van der Waals surface area contributed by atoms with E-state index in [2.05, 4.69) is 29.3 Å². The Morgan fingerprint density at radius 2 is 2.00 bits per heavy atom. The van der Waals surface area contributed by atoms with Crippen LogP contribution in [0.5, 0.6) is 0 Å². The van der Waals surface area contributed by atoms with Crippen LogP contribution in [0.3, 0.4) is 0 Å². The van der Waals surface area contributed by atoms with Crippen LogP contribution in [0.4, 0.5) is 0 Å². The van der Waals surface area contributed by atoms with E-state index in [1.165, 1.54) is 30.4 Å². The van der Waals surface area contributed by atoms with E-state index >= 15 is 0 Å². The van der Waals surface area contributed by atoms with Crippen LogP contribution < -0.4 is 0 Å². The molecule has 0 saturated carbocycles. The molecule has 0 amide bonds. The fraction of sp³-hybridized carbons (Fsp3) is 0.250. The monoisotopic (exact) mass is 234 g/mol. The standard InChI is InChI=1S/C16H14N2/c1-11-7-12(9-17)10-18-16(11)15-6-5-13-3-2-4-14(13)8-15/h5-8,10H,2-4H2,1H3. The van der Waals surface area contributed by atoms with Gasteiger partial charge in [-0.25, -0.2) is 0 Å². The highest BCUT2D eigenvalue weighted by molar-refractivity contribution is 5.65. The van der Waals surface area contributed by atoms with Crippen LogP contribution in [-0.4, -0.2) is 4.98 Å². The molecular formula is C16H14N2. The first-order valence-corrected chi connectivity index (χ1v) is 6.27. The van der Waals surface area contributed by atoms with Crippen molar-refractivity contribution in [2.45, 2.75) is 26.2 Å². The van der Waals surface area contributed by atoms with Crippen LogP contribution in [-0.2, 0) is 12.8 Å². The van der Waals surface area contributed by atoms with Gasteiger partial charge >= 0.3 is 0 Å². The van der Waals surface area contributed by atoms with Gasteiger partial charge in [0, 0.05) is 11.8 Å². The molecule has 88 valence electrons. The summed E-state index contributed by atoms with van der Waals surface area (Å²) in [4.78, 5) is 4.42. The predicted molar refractivity (Wildman–Crippen MR) is 71.2 cm³/mol. The number of nitriles is 1. The molecule has 0 N–H and O–H groups in total. The summed E-state index contributed by atoms with van der Waals surface area (Å²) in [6.07, 6.45) is 5.29. The van der Waals surface area contributed by atoms with Crippen LogP contribution in [0, 0.1) is 18.3 Å². The van der Waals surface area contributed by atoms with Crippen molar-refractivity contribution < 1.29 is 0 Å². The Balaban J connectivity index is 2.08. The maximum Gasteiger partial charge on any atom is 0.101 e. The molecule has 0 saturated heterocycles. The Bertz CT molecular complexity index is 651. The summed E-state index contributed by atoms with van der Waals surface area (Å²) in [6.45, 7) is 2.01. The van der Waals surface area contributed by atoms with Crippen molar-refractivity contribution in [3.8, 4) is 17.3 Å². The average molecular weight is 234 g/mol. The van der Waals surface area contributed by atoms with Gasteiger partial charge in [0.25, 0.3) is 0 Å². The van der Waals surface area contributed by atoms with Crippen LogP contribution >= 0.6 is 0 Å². The van der Waals surface area contributed by atoms with E-state index in [0.29, 0.717) is 5.56 Å². The van der Waals surface area contributed by atoms with Gasteiger partial charge in [-0.3, -0.25) is 4.98 Å². The Hall–Kier alpha value is -2.14. The van der Waals surface area contributed by atoms with E-state index in [9.17, 15) is 0 Å². The van der Waals surface area contributed by atoms with E-state index in [4.69, 9.17) is 5.26 Å². The normalized spacial score (nSPS) is 13.1. The van der Waals surface area contributed by atoms with E-state index < -0.39 is 0 Å². The molecule has 2 aromatic rings. The van der Waals surface area contributed by atoms with E-state index in [1.807, 2.05) is 13.0 Å². The van der Waals surface area contributed by atoms with Crippen molar-refractivity contribution >= 4 is 0 Å². The Kier molecular flexibility index (Phi) is 2.60. The highest BCUT2D eigenvalue weighted by Gasteiger charge is 2.12. The Labute approximate surface area is 107 Å². The van der Waals surface area contributed by atoms with Gasteiger partial charge in [-0.15, -0.1) is 0 Å². The second kappa shape index (κ2) is 4.27. The van der Waals surface area contributed by atoms with Crippen molar-refractivity contribution in [1.82, 2.24) is 4.98 Å². The third-order valence-electron chi connectivity index (χ3n) is 3.58. The zero-order chi connectivity index (χ0) is 12.5. The van der Waals surface area contributed by atoms with E-state index in [0.717, 1.165) is 16.8 Å². The van der Waals surface area contributed by atoms with Gasteiger partial charge in [-0.2, -0.15) is 5.26 Å². The lowest BCUT2D eigenvalue weighted by molar-refractivity contribution is 0.912. The first kappa shape index (κ1) is 11.0. The molecule has 18 heavy (non-hydrogen) atoms. The number of hydrogen-bond acceptors (Lipinski definition) is 2. The highest BCUT2D eigenvalue weighted by atomic mass is 14.7. The van der Waals surface area contributed by atoms with Crippen LogP contribution in [0.25, 0.3) is 11.3 Å². The number of hydrogen-bond donors (Lipinski definition) is 0. The molecule has 0 unspecified atom stereocenters. The molecule has 0 fully saturated rings. The zero-order valence-electron chi connectivity index (χ0n) is 10.4. The van der Waals surface area contributed by atoms with Gasteiger partial charge < -0.3 is 0 Å². The number of aryl methyl sites for hydroxylation is 3. The summed E-state index contributed by atoms with van der Waals surface area (Å²) in [6, 6.07) is 10.6. The van der Waals surface area contributed by atoms with Gasteiger partial charge in [0.15, 0.2) is 0 Å². The molecule has 0 aliphatic heterocycles. The molecule has 2 nitrogen and oxygen atoms in total. The van der Waals surface area contributed by atoms with Gasteiger partial charge in [-0.1, -0.05) is 12.1 Å². The Morgan fingerprint density at radius 1 is 1.17 bits per heavy atom. The van der Waals surface area contributed by atoms with E-state index in [1.54, 1.807) is 6.20 Å². The lowest BCUT2D eigenvalue weighted by Crippen LogP contribution is -1.92. The number of aromatic nitrogens is 1. The molecule has 0 spiro atoms. The molecule has 1 aliphatic rings. The number of rotatable bonds is 1. The first-order chi connectivity index (χ1) is 8.78. The molecule has 0 bridgehead atoms. The molecule has 1 heterocycles. The minimum atomic E-state index is 0.623. The summed E-state index contributed by atoms with van der Waals surface area (Å²) in [7, 11) is 0. The minimum Gasteiger partial charge on any atom is -0.255 e. The molecule has 1 aliphatic carbocycles. The van der Waals surface area contributed by atoms with Crippen LogP contribution in [0.2, 0.25) is 0 Å². The summed E-state index contributed by atoms with van der Waals surface area (Å²) < 4.78 is 0. The lowest BCUT2D eigenvalue weighted by Gasteiger charge is -2.07.